The number of hydrogen-bond acceptors (Lipinski definition) is 6. The summed E-state index contributed by atoms with van der Waals surface area (Å²) in [5.74, 6) is 0.232. The van der Waals surface area contributed by atoms with Crippen LogP contribution in [0.15, 0.2) is 55.0 Å². The number of carbonyl (C=O) groups excluding carboxylic acids is 1. The molecule has 0 aliphatic rings. The maximum absolute atomic E-state index is 12.3. The van der Waals surface area contributed by atoms with Gasteiger partial charge in [0.05, 0.1) is 11.4 Å². The molecule has 1 unspecified atom stereocenters. The van der Waals surface area contributed by atoms with Crippen LogP contribution in [-0.2, 0) is 6.54 Å². The molecule has 0 radical (unpaired) electrons. The van der Waals surface area contributed by atoms with Gasteiger partial charge in [0.2, 0.25) is 0 Å². The molecule has 0 bridgehead atoms. The van der Waals surface area contributed by atoms with E-state index in [2.05, 4.69) is 37.3 Å². The Morgan fingerprint density at radius 1 is 1.11 bits per heavy atom. The molecular formula is C20H22N6O. The quantitative estimate of drug-likeness (QED) is 0.726. The van der Waals surface area contributed by atoms with Crippen molar-refractivity contribution in [2.75, 3.05) is 12.4 Å². The van der Waals surface area contributed by atoms with Crippen molar-refractivity contribution >= 4 is 11.7 Å². The second-order valence-electron chi connectivity index (χ2n) is 6.44. The number of nitrogens with zero attached hydrogens (tertiary/aromatic N) is 5. The molecule has 138 valence electrons. The van der Waals surface area contributed by atoms with Crippen molar-refractivity contribution in [2.45, 2.75) is 26.4 Å². The van der Waals surface area contributed by atoms with E-state index < -0.39 is 0 Å². The first-order chi connectivity index (χ1) is 13.0. The van der Waals surface area contributed by atoms with Crippen LogP contribution < -0.4 is 5.32 Å². The lowest BCUT2D eigenvalue weighted by atomic mass is 10.1. The van der Waals surface area contributed by atoms with Crippen LogP contribution in [0.3, 0.4) is 0 Å². The zero-order valence-corrected chi connectivity index (χ0v) is 15.6. The number of nitrogens with one attached hydrogen (secondary N) is 1. The van der Waals surface area contributed by atoms with Crippen LogP contribution in [0.4, 0.5) is 5.82 Å². The highest BCUT2D eigenvalue weighted by Gasteiger charge is 2.13. The molecule has 1 N–H and O–H groups in total. The van der Waals surface area contributed by atoms with Crippen LogP contribution in [-0.4, -0.2) is 38.0 Å². The van der Waals surface area contributed by atoms with Crippen LogP contribution in [0.1, 0.15) is 40.3 Å². The molecule has 1 aromatic carbocycles. The van der Waals surface area contributed by atoms with Gasteiger partial charge >= 0.3 is 0 Å². The van der Waals surface area contributed by atoms with Crippen molar-refractivity contribution in [1.82, 2.24) is 25.1 Å². The van der Waals surface area contributed by atoms with E-state index in [0.29, 0.717) is 11.4 Å². The fourth-order valence-electron chi connectivity index (χ4n) is 2.61. The van der Waals surface area contributed by atoms with E-state index in [1.807, 2.05) is 44.3 Å². The number of aryl methyl sites for hydroxylation is 1. The highest BCUT2D eigenvalue weighted by Crippen LogP contribution is 2.18. The molecule has 0 saturated carbocycles. The summed E-state index contributed by atoms with van der Waals surface area (Å²) in [6.45, 7) is 4.70. The molecule has 3 rings (SSSR count). The monoisotopic (exact) mass is 362 g/mol. The van der Waals surface area contributed by atoms with Crippen LogP contribution in [0.5, 0.6) is 0 Å². The van der Waals surface area contributed by atoms with Crippen molar-refractivity contribution < 1.29 is 4.79 Å². The zero-order valence-electron chi connectivity index (χ0n) is 15.6. The summed E-state index contributed by atoms with van der Waals surface area (Å²) in [7, 11) is 2.05. The van der Waals surface area contributed by atoms with Crippen LogP contribution in [0, 0.1) is 6.92 Å². The predicted octanol–water partition coefficient (Wildman–Crippen LogP) is 3.02. The number of anilines is 1. The van der Waals surface area contributed by atoms with Gasteiger partial charge in [0.25, 0.3) is 5.91 Å². The van der Waals surface area contributed by atoms with Gasteiger partial charge in [0.15, 0.2) is 5.82 Å². The average Bonchev–Trinajstić information content (AvgIpc) is 2.70. The van der Waals surface area contributed by atoms with Crippen molar-refractivity contribution in [2.24, 2.45) is 0 Å². The first kappa shape index (κ1) is 18.6. The summed E-state index contributed by atoms with van der Waals surface area (Å²) < 4.78 is 0. The van der Waals surface area contributed by atoms with Gasteiger partial charge in [-0.05, 0) is 56.8 Å². The average molecular weight is 362 g/mol. The lowest BCUT2D eigenvalue weighted by molar-refractivity contribution is 0.102. The highest BCUT2D eigenvalue weighted by molar-refractivity contribution is 6.03. The number of benzene rings is 1. The Hall–Kier alpha value is -3.19. The third-order valence-corrected chi connectivity index (χ3v) is 4.38. The number of rotatable bonds is 6. The van der Waals surface area contributed by atoms with Gasteiger partial charge in [-0.15, -0.1) is 5.10 Å². The summed E-state index contributed by atoms with van der Waals surface area (Å²) in [4.78, 5) is 22.8. The smallest absolute Gasteiger partial charge is 0.256 e. The molecule has 1 amide bonds. The summed E-state index contributed by atoms with van der Waals surface area (Å²) in [6.07, 6.45) is 3.31. The van der Waals surface area contributed by atoms with Crippen molar-refractivity contribution in [1.29, 1.82) is 0 Å². The maximum Gasteiger partial charge on any atom is 0.256 e. The Kier molecular flexibility index (Phi) is 5.83. The maximum atomic E-state index is 12.3. The largest absolute Gasteiger partial charge is 0.305 e. The normalized spacial score (nSPS) is 12.0. The van der Waals surface area contributed by atoms with Crippen LogP contribution >= 0.6 is 0 Å². The fraction of sp³-hybridized carbons (Fsp3) is 0.250. The number of carbonyl (C=O) groups is 1. The van der Waals surface area contributed by atoms with Gasteiger partial charge in [-0.2, -0.15) is 5.10 Å². The number of hydrogen-bond donors (Lipinski definition) is 1. The van der Waals surface area contributed by atoms with Crippen molar-refractivity contribution in [3.05, 3.63) is 77.5 Å². The zero-order chi connectivity index (χ0) is 19.2. The van der Waals surface area contributed by atoms with Gasteiger partial charge in [-0.25, -0.2) is 9.97 Å². The summed E-state index contributed by atoms with van der Waals surface area (Å²) in [6, 6.07) is 13.2. The second-order valence-corrected chi connectivity index (χ2v) is 6.44. The first-order valence-corrected chi connectivity index (χ1v) is 8.69. The molecule has 2 heterocycles. The molecule has 0 saturated heterocycles. The Bertz CT molecular complexity index is 881. The summed E-state index contributed by atoms with van der Waals surface area (Å²) in [5, 5.41) is 10.6. The van der Waals surface area contributed by atoms with E-state index in [1.165, 1.54) is 0 Å². The summed E-state index contributed by atoms with van der Waals surface area (Å²) >= 11 is 0. The minimum atomic E-state index is -0.206. The molecule has 3 aromatic rings. The van der Waals surface area contributed by atoms with Crippen molar-refractivity contribution in [3.63, 3.8) is 0 Å². The van der Waals surface area contributed by atoms with Gasteiger partial charge in [-0.3, -0.25) is 9.69 Å². The molecule has 27 heavy (non-hydrogen) atoms. The third-order valence-electron chi connectivity index (χ3n) is 4.38. The standard InChI is InChI=1S/C20H22N6O/c1-14-4-9-19(25-24-14)23-20(27)17-7-5-16(6-8-17)12-26(3)15(2)18-10-11-21-13-22-18/h4-11,13,15H,12H2,1-3H3,(H,23,25,27). The molecule has 0 aliphatic heterocycles. The molecule has 7 nitrogen and oxygen atoms in total. The SMILES string of the molecule is Cc1ccc(NC(=O)c2ccc(CN(C)C(C)c3ccncn3)cc2)nn1. The molecular weight excluding hydrogens is 340 g/mol. The third kappa shape index (κ3) is 4.92. The van der Waals surface area contributed by atoms with E-state index >= 15 is 0 Å². The second kappa shape index (κ2) is 8.46. The van der Waals surface area contributed by atoms with E-state index in [4.69, 9.17) is 0 Å². The topological polar surface area (TPSA) is 83.9 Å². The molecule has 2 aromatic heterocycles. The van der Waals surface area contributed by atoms with Crippen LogP contribution in [0.2, 0.25) is 0 Å². The van der Waals surface area contributed by atoms with Gasteiger partial charge < -0.3 is 5.32 Å². The minimum absolute atomic E-state index is 0.163. The number of amides is 1. The van der Waals surface area contributed by atoms with Gasteiger partial charge in [0, 0.05) is 24.3 Å². The molecule has 0 spiro atoms. The predicted molar refractivity (Wildman–Crippen MR) is 103 cm³/mol. The molecule has 7 heteroatoms. The minimum Gasteiger partial charge on any atom is -0.305 e. The lowest BCUT2D eigenvalue weighted by Crippen LogP contribution is -2.22. The van der Waals surface area contributed by atoms with Gasteiger partial charge in [-0.1, -0.05) is 12.1 Å². The van der Waals surface area contributed by atoms with E-state index in [-0.39, 0.29) is 11.9 Å². The van der Waals surface area contributed by atoms with Gasteiger partial charge in [0.1, 0.15) is 6.33 Å². The first-order valence-electron chi connectivity index (χ1n) is 8.69. The summed E-state index contributed by atoms with van der Waals surface area (Å²) in [5.41, 5.74) is 3.47. The van der Waals surface area contributed by atoms with E-state index in [1.54, 1.807) is 24.7 Å². The Labute approximate surface area is 158 Å². The molecule has 0 aliphatic carbocycles. The molecule has 0 fully saturated rings. The lowest BCUT2D eigenvalue weighted by Gasteiger charge is -2.24. The Balaban J connectivity index is 1.61. The van der Waals surface area contributed by atoms with E-state index in [0.717, 1.165) is 23.5 Å². The highest BCUT2D eigenvalue weighted by atomic mass is 16.1. The van der Waals surface area contributed by atoms with E-state index in [9.17, 15) is 4.79 Å². The Morgan fingerprint density at radius 2 is 1.89 bits per heavy atom. The van der Waals surface area contributed by atoms with Crippen LogP contribution in [0.25, 0.3) is 0 Å². The molecule has 1 atom stereocenters. The Morgan fingerprint density at radius 3 is 2.52 bits per heavy atom. The number of aromatic nitrogens is 4. The van der Waals surface area contributed by atoms with Crippen molar-refractivity contribution in [3.8, 4) is 0 Å². The fourth-order valence-corrected chi connectivity index (χ4v) is 2.61.